The third kappa shape index (κ3) is 15.3. The topological polar surface area (TPSA) is 149 Å². The Bertz CT molecular complexity index is 671. The lowest BCUT2D eigenvalue weighted by atomic mass is 9.99. The summed E-state index contributed by atoms with van der Waals surface area (Å²) in [6.07, 6.45) is 14.1. The number of allylic oxidation sites excluding steroid dienone is 3. The molecule has 0 radical (unpaired) electrons. The van der Waals surface area contributed by atoms with Gasteiger partial charge >= 0.3 is 0 Å². The van der Waals surface area contributed by atoms with Crippen molar-refractivity contribution in [3.05, 3.63) is 24.3 Å². The molecule has 6 N–H and O–H groups in total. The number of hydrogen-bond donors (Lipinski definition) is 6. The molecular weight excluding hydrogens is 502 g/mol. The standard InChI is InChI=1S/C30H55NO8/c1-3-5-7-9-10-11-12-13-14-16-18-20-26(34)31-23(24(33)19-17-15-8-6-4-2)22-38-30-29(37)28(36)27(35)25(21-32)39-30/h9-10,17,19,23-25,27-30,32-33,35-37H,3-8,11-16,18,20-22H2,1-2H3,(H,31,34)/b10-9-,19-17+. The minimum atomic E-state index is -1.56. The number of ether oxygens (including phenoxy) is 2. The third-order valence-electron chi connectivity index (χ3n) is 7.02. The summed E-state index contributed by atoms with van der Waals surface area (Å²) in [6, 6.07) is -0.799. The average Bonchev–Trinajstić information content (AvgIpc) is 2.93. The van der Waals surface area contributed by atoms with E-state index in [2.05, 4.69) is 31.3 Å². The summed E-state index contributed by atoms with van der Waals surface area (Å²) in [5.41, 5.74) is 0. The van der Waals surface area contributed by atoms with Gasteiger partial charge in [-0.3, -0.25) is 4.79 Å². The minimum Gasteiger partial charge on any atom is -0.394 e. The first kappa shape index (κ1) is 35.7. The van der Waals surface area contributed by atoms with Crippen molar-refractivity contribution < 1.29 is 39.8 Å². The number of nitrogens with one attached hydrogen (secondary N) is 1. The van der Waals surface area contributed by atoms with E-state index in [9.17, 15) is 30.3 Å². The van der Waals surface area contributed by atoms with Crippen LogP contribution in [0.15, 0.2) is 24.3 Å². The highest BCUT2D eigenvalue weighted by molar-refractivity contribution is 5.76. The quantitative estimate of drug-likeness (QED) is 0.0878. The second-order valence-electron chi connectivity index (χ2n) is 10.5. The van der Waals surface area contributed by atoms with Crippen molar-refractivity contribution in [3.63, 3.8) is 0 Å². The Morgan fingerprint density at radius 3 is 2.15 bits per heavy atom. The lowest BCUT2D eigenvalue weighted by Gasteiger charge is -2.40. The molecule has 0 aliphatic carbocycles. The van der Waals surface area contributed by atoms with Crippen LogP contribution in [0, 0.1) is 0 Å². The van der Waals surface area contributed by atoms with Crippen molar-refractivity contribution in [2.24, 2.45) is 0 Å². The van der Waals surface area contributed by atoms with E-state index in [0.717, 1.165) is 70.6 Å². The first-order valence-corrected chi connectivity index (χ1v) is 15.1. The van der Waals surface area contributed by atoms with E-state index in [4.69, 9.17) is 9.47 Å². The Kier molecular flexibility index (Phi) is 20.5. The molecule has 1 heterocycles. The minimum absolute atomic E-state index is 0.194. The van der Waals surface area contributed by atoms with Gasteiger partial charge in [-0.1, -0.05) is 83.1 Å². The molecule has 1 aliphatic heterocycles. The maximum Gasteiger partial charge on any atom is 0.220 e. The van der Waals surface area contributed by atoms with Crippen molar-refractivity contribution in [2.75, 3.05) is 13.2 Å². The average molecular weight is 558 g/mol. The van der Waals surface area contributed by atoms with Gasteiger partial charge in [-0.2, -0.15) is 0 Å². The maximum absolute atomic E-state index is 12.6. The summed E-state index contributed by atoms with van der Waals surface area (Å²) in [4.78, 5) is 12.6. The summed E-state index contributed by atoms with van der Waals surface area (Å²) in [7, 11) is 0. The van der Waals surface area contributed by atoms with E-state index in [-0.39, 0.29) is 12.5 Å². The van der Waals surface area contributed by atoms with Crippen LogP contribution in [-0.2, 0) is 14.3 Å². The molecule has 1 rings (SSSR count). The number of aliphatic hydroxyl groups excluding tert-OH is 5. The molecule has 39 heavy (non-hydrogen) atoms. The summed E-state index contributed by atoms with van der Waals surface area (Å²) in [5, 5.41) is 53.2. The van der Waals surface area contributed by atoms with E-state index in [0.29, 0.717) is 6.42 Å². The monoisotopic (exact) mass is 557 g/mol. The zero-order valence-electron chi connectivity index (χ0n) is 24.1. The number of carbonyl (C=O) groups is 1. The molecule has 9 heteroatoms. The van der Waals surface area contributed by atoms with Crippen molar-refractivity contribution in [1.29, 1.82) is 0 Å². The van der Waals surface area contributed by atoms with Crippen LogP contribution in [0.3, 0.4) is 0 Å². The normalized spacial score (nSPS) is 25.4. The van der Waals surface area contributed by atoms with Crippen LogP contribution < -0.4 is 5.32 Å². The van der Waals surface area contributed by atoms with Gasteiger partial charge in [0.15, 0.2) is 6.29 Å². The van der Waals surface area contributed by atoms with Gasteiger partial charge in [0.2, 0.25) is 5.91 Å². The molecule has 0 aromatic heterocycles. The number of unbranched alkanes of at least 4 members (excludes halogenated alkanes) is 10. The number of rotatable bonds is 22. The predicted molar refractivity (Wildman–Crippen MR) is 152 cm³/mol. The van der Waals surface area contributed by atoms with E-state index in [1.54, 1.807) is 6.08 Å². The molecule has 1 aliphatic rings. The fourth-order valence-corrected chi connectivity index (χ4v) is 4.43. The van der Waals surface area contributed by atoms with Gasteiger partial charge in [-0.15, -0.1) is 0 Å². The first-order valence-electron chi connectivity index (χ1n) is 15.1. The van der Waals surface area contributed by atoms with Crippen LogP contribution in [0.1, 0.15) is 104 Å². The van der Waals surface area contributed by atoms with Crippen LogP contribution in [0.5, 0.6) is 0 Å². The molecule has 7 atom stereocenters. The fourth-order valence-electron chi connectivity index (χ4n) is 4.43. The Morgan fingerprint density at radius 2 is 1.46 bits per heavy atom. The van der Waals surface area contributed by atoms with Crippen molar-refractivity contribution in [1.82, 2.24) is 5.32 Å². The van der Waals surface area contributed by atoms with Crippen LogP contribution >= 0.6 is 0 Å². The van der Waals surface area contributed by atoms with Gasteiger partial charge in [0.25, 0.3) is 0 Å². The van der Waals surface area contributed by atoms with Gasteiger partial charge in [0.1, 0.15) is 24.4 Å². The molecule has 0 spiro atoms. The molecule has 1 fully saturated rings. The molecule has 0 aromatic rings. The Balaban J connectivity index is 2.52. The number of carbonyl (C=O) groups excluding carboxylic acids is 1. The van der Waals surface area contributed by atoms with Gasteiger partial charge < -0.3 is 40.3 Å². The Labute approximate surface area is 235 Å². The SMILES string of the molecule is CCCC/C=C\CCCCCCCC(=O)NC(COC1OC(CO)C(O)C(O)C1O)C(O)/C=C/CCCCC. The molecule has 7 unspecified atom stereocenters. The zero-order chi connectivity index (χ0) is 28.9. The van der Waals surface area contributed by atoms with Crippen molar-refractivity contribution >= 4 is 5.91 Å². The second-order valence-corrected chi connectivity index (χ2v) is 10.5. The predicted octanol–water partition coefficient (Wildman–Crippen LogP) is 3.26. The summed E-state index contributed by atoms with van der Waals surface area (Å²) < 4.78 is 11.0. The highest BCUT2D eigenvalue weighted by atomic mass is 16.7. The van der Waals surface area contributed by atoms with E-state index in [1.165, 1.54) is 12.8 Å². The first-order chi connectivity index (χ1) is 18.8. The fraction of sp³-hybridized carbons (Fsp3) is 0.833. The lowest BCUT2D eigenvalue weighted by molar-refractivity contribution is -0.302. The van der Waals surface area contributed by atoms with Crippen LogP contribution in [0.4, 0.5) is 0 Å². The van der Waals surface area contributed by atoms with Gasteiger partial charge in [0, 0.05) is 6.42 Å². The van der Waals surface area contributed by atoms with E-state index in [1.807, 2.05) is 6.08 Å². The summed E-state index contributed by atoms with van der Waals surface area (Å²) >= 11 is 0. The Morgan fingerprint density at radius 1 is 0.846 bits per heavy atom. The van der Waals surface area contributed by atoms with E-state index >= 15 is 0 Å². The highest BCUT2D eigenvalue weighted by Gasteiger charge is 2.44. The second kappa shape index (κ2) is 22.4. The third-order valence-corrected chi connectivity index (χ3v) is 7.02. The van der Waals surface area contributed by atoms with Crippen molar-refractivity contribution in [2.45, 2.75) is 147 Å². The lowest BCUT2D eigenvalue weighted by Crippen LogP contribution is -2.60. The van der Waals surface area contributed by atoms with E-state index < -0.39 is 49.5 Å². The molecule has 0 saturated carbocycles. The molecular formula is C30H55NO8. The summed E-state index contributed by atoms with van der Waals surface area (Å²) in [5.74, 6) is -0.199. The van der Waals surface area contributed by atoms with Gasteiger partial charge in [-0.25, -0.2) is 0 Å². The molecule has 228 valence electrons. The largest absolute Gasteiger partial charge is 0.394 e. The van der Waals surface area contributed by atoms with Gasteiger partial charge in [0.05, 0.1) is 25.4 Å². The molecule has 0 bridgehead atoms. The van der Waals surface area contributed by atoms with Crippen LogP contribution in [-0.4, -0.2) is 87.5 Å². The molecule has 0 aromatic carbocycles. The number of amides is 1. The zero-order valence-corrected chi connectivity index (χ0v) is 24.1. The Hall–Kier alpha value is -1.33. The van der Waals surface area contributed by atoms with Gasteiger partial charge in [-0.05, 0) is 38.5 Å². The smallest absolute Gasteiger partial charge is 0.220 e. The maximum atomic E-state index is 12.6. The summed E-state index contributed by atoms with van der Waals surface area (Å²) in [6.45, 7) is 3.55. The highest BCUT2D eigenvalue weighted by Crippen LogP contribution is 2.22. The number of hydrogen-bond acceptors (Lipinski definition) is 8. The van der Waals surface area contributed by atoms with Crippen LogP contribution in [0.25, 0.3) is 0 Å². The van der Waals surface area contributed by atoms with Crippen LogP contribution in [0.2, 0.25) is 0 Å². The molecule has 1 saturated heterocycles. The molecule has 1 amide bonds. The molecule has 9 nitrogen and oxygen atoms in total. The van der Waals surface area contributed by atoms with Crippen molar-refractivity contribution in [3.8, 4) is 0 Å². The number of aliphatic hydroxyl groups is 5.